The van der Waals surface area contributed by atoms with Crippen LogP contribution in [0.15, 0.2) is 36.0 Å². The number of nitrogens with zero attached hydrogens (tertiary/aromatic N) is 1. The monoisotopic (exact) mass is 270 g/mol. The minimum atomic E-state index is -4.40. The standard InChI is InChI=1S/C12H9F3N2O2/c1-19-11(18)8(6-16)7-17-10-4-2-9(3-5-10)12(13,14)15/h2-5,7,17H,1H3/b8-7+. The first-order chi connectivity index (χ1) is 8.88. The average Bonchev–Trinajstić information content (AvgIpc) is 2.38. The van der Waals surface area contributed by atoms with Crippen molar-refractivity contribution in [3.8, 4) is 6.07 Å². The fourth-order valence-electron chi connectivity index (χ4n) is 1.16. The lowest BCUT2D eigenvalue weighted by molar-refractivity contribution is -0.137. The molecule has 0 aromatic heterocycles. The summed E-state index contributed by atoms with van der Waals surface area (Å²) >= 11 is 0. The van der Waals surface area contributed by atoms with Gasteiger partial charge in [0.15, 0.2) is 5.57 Å². The highest BCUT2D eigenvalue weighted by Gasteiger charge is 2.29. The van der Waals surface area contributed by atoms with E-state index in [0.717, 1.165) is 25.4 Å². The number of hydrogen-bond acceptors (Lipinski definition) is 4. The van der Waals surface area contributed by atoms with Crippen LogP contribution in [0, 0.1) is 11.3 Å². The van der Waals surface area contributed by atoms with Crippen molar-refractivity contribution in [3.63, 3.8) is 0 Å². The van der Waals surface area contributed by atoms with Crippen molar-refractivity contribution in [1.29, 1.82) is 5.26 Å². The Labute approximate surface area is 107 Å². The quantitative estimate of drug-likeness (QED) is 0.521. The summed E-state index contributed by atoms with van der Waals surface area (Å²) in [7, 11) is 1.12. The van der Waals surface area contributed by atoms with Crippen LogP contribution in [-0.4, -0.2) is 13.1 Å². The lowest BCUT2D eigenvalue weighted by atomic mass is 10.2. The highest BCUT2D eigenvalue weighted by Crippen LogP contribution is 2.29. The van der Waals surface area contributed by atoms with Gasteiger partial charge in [0.2, 0.25) is 0 Å². The zero-order chi connectivity index (χ0) is 14.5. The van der Waals surface area contributed by atoms with Crippen LogP contribution in [0.3, 0.4) is 0 Å². The zero-order valence-electron chi connectivity index (χ0n) is 9.78. The largest absolute Gasteiger partial charge is 0.465 e. The first-order valence-electron chi connectivity index (χ1n) is 5.01. The summed E-state index contributed by atoms with van der Waals surface area (Å²) in [5, 5.41) is 11.2. The van der Waals surface area contributed by atoms with Gasteiger partial charge in [-0.1, -0.05) is 0 Å². The predicted molar refractivity (Wildman–Crippen MR) is 60.8 cm³/mol. The van der Waals surface area contributed by atoms with Crippen molar-refractivity contribution in [3.05, 3.63) is 41.6 Å². The van der Waals surface area contributed by atoms with Gasteiger partial charge in [0.1, 0.15) is 6.07 Å². The van der Waals surface area contributed by atoms with Gasteiger partial charge < -0.3 is 10.1 Å². The molecule has 4 nitrogen and oxygen atoms in total. The van der Waals surface area contributed by atoms with Gasteiger partial charge in [-0.05, 0) is 24.3 Å². The minimum absolute atomic E-state index is 0.289. The van der Waals surface area contributed by atoms with Crippen molar-refractivity contribution in [2.24, 2.45) is 0 Å². The van der Waals surface area contributed by atoms with E-state index >= 15 is 0 Å². The normalized spacial score (nSPS) is 11.6. The minimum Gasteiger partial charge on any atom is -0.465 e. The van der Waals surface area contributed by atoms with Crippen LogP contribution in [0.4, 0.5) is 18.9 Å². The molecule has 0 amide bonds. The lowest BCUT2D eigenvalue weighted by Crippen LogP contribution is -2.06. The van der Waals surface area contributed by atoms with E-state index in [4.69, 9.17) is 5.26 Å². The number of esters is 1. The molecule has 1 N–H and O–H groups in total. The number of carbonyl (C=O) groups excluding carboxylic acids is 1. The smallest absolute Gasteiger partial charge is 0.416 e. The maximum absolute atomic E-state index is 12.3. The van der Waals surface area contributed by atoms with Crippen LogP contribution >= 0.6 is 0 Å². The van der Waals surface area contributed by atoms with Crippen LogP contribution < -0.4 is 5.32 Å². The number of ether oxygens (including phenoxy) is 1. The Bertz CT molecular complexity index is 527. The molecule has 0 radical (unpaired) electrons. The fourth-order valence-corrected chi connectivity index (χ4v) is 1.16. The number of alkyl halides is 3. The molecule has 100 valence electrons. The molecule has 0 spiro atoms. The van der Waals surface area contributed by atoms with Crippen molar-refractivity contribution in [2.45, 2.75) is 6.18 Å². The SMILES string of the molecule is COC(=O)/C(C#N)=C/Nc1ccc(C(F)(F)F)cc1. The van der Waals surface area contributed by atoms with Crippen LogP contribution in [-0.2, 0) is 15.7 Å². The second kappa shape index (κ2) is 5.91. The maximum atomic E-state index is 12.3. The van der Waals surface area contributed by atoms with E-state index in [1.165, 1.54) is 12.1 Å². The molecule has 19 heavy (non-hydrogen) atoms. The van der Waals surface area contributed by atoms with Gasteiger partial charge in [-0.15, -0.1) is 0 Å². The Morgan fingerprint density at radius 2 is 1.95 bits per heavy atom. The summed E-state index contributed by atoms with van der Waals surface area (Å²) in [6.45, 7) is 0. The third-order valence-electron chi connectivity index (χ3n) is 2.12. The molecule has 0 heterocycles. The molecule has 0 bridgehead atoms. The number of nitriles is 1. The first kappa shape index (κ1) is 14.6. The fraction of sp³-hybridized carbons (Fsp3) is 0.167. The van der Waals surface area contributed by atoms with Gasteiger partial charge in [-0.2, -0.15) is 18.4 Å². The Morgan fingerprint density at radius 1 is 1.37 bits per heavy atom. The number of hydrogen-bond donors (Lipinski definition) is 1. The lowest BCUT2D eigenvalue weighted by Gasteiger charge is -2.07. The summed E-state index contributed by atoms with van der Waals surface area (Å²) in [5.74, 6) is -0.832. The molecule has 0 unspecified atom stereocenters. The Morgan fingerprint density at radius 3 is 2.37 bits per heavy atom. The van der Waals surface area contributed by atoms with Gasteiger partial charge in [-0.25, -0.2) is 4.79 Å². The second-order valence-electron chi connectivity index (χ2n) is 3.38. The second-order valence-corrected chi connectivity index (χ2v) is 3.38. The number of rotatable bonds is 3. The number of carbonyl (C=O) groups is 1. The number of anilines is 1. The molecule has 0 saturated carbocycles. The zero-order valence-corrected chi connectivity index (χ0v) is 9.78. The highest BCUT2D eigenvalue weighted by molar-refractivity contribution is 5.92. The van der Waals surface area contributed by atoms with Crippen LogP contribution in [0.5, 0.6) is 0 Å². The van der Waals surface area contributed by atoms with E-state index in [1.807, 2.05) is 0 Å². The van der Waals surface area contributed by atoms with Gasteiger partial charge in [0.25, 0.3) is 0 Å². The van der Waals surface area contributed by atoms with Crippen LogP contribution in [0.1, 0.15) is 5.56 Å². The average molecular weight is 270 g/mol. The van der Waals surface area contributed by atoms with Crippen molar-refractivity contribution in [1.82, 2.24) is 0 Å². The maximum Gasteiger partial charge on any atom is 0.416 e. The molecule has 1 aromatic rings. The molecule has 0 aliphatic heterocycles. The third kappa shape index (κ3) is 4.03. The predicted octanol–water partition coefficient (Wildman–Crippen LogP) is 2.70. The molecule has 0 atom stereocenters. The van der Waals surface area contributed by atoms with Gasteiger partial charge in [-0.3, -0.25) is 0 Å². The highest BCUT2D eigenvalue weighted by atomic mass is 19.4. The van der Waals surface area contributed by atoms with Gasteiger partial charge >= 0.3 is 12.1 Å². The summed E-state index contributed by atoms with van der Waals surface area (Å²) in [6.07, 6.45) is -3.34. The summed E-state index contributed by atoms with van der Waals surface area (Å²) in [4.78, 5) is 11.0. The summed E-state index contributed by atoms with van der Waals surface area (Å²) in [5.41, 5.74) is -0.762. The number of halogens is 3. The van der Waals surface area contributed by atoms with E-state index in [-0.39, 0.29) is 5.57 Å². The third-order valence-corrected chi connectivity index (χ3v) is 2.12. The van der Waals surface area contributed by atoms with Crippen molar-refractivity contribution >= 4 is 11.7 Å². The van der Waals surface area contributed by atoms with E-state index in [9.17, 15) is 18.0 Å². The Hall–Kier alpha value is -2.49. The molecule has 0 aliphatic rings. The topological polar surface area (TPSA) is 62.1 Å². The Kier molecular flexibility index (Phi) is 4.53. The van der Waals surface area contributed by atoms with E-state index < -0.39 is 17.7 Å². The summed E-state index contributed by atoms with van der Waals surface area (Å²) < 4.78 is 41.2. The summed E-state index contributed by atoms with van der Waals surface area (Å²) in [6, 6.07) is 5.75. The van der Waals surface area contributed by atoms with Crippen LogP contribution in [0.2, 0.25) is 0 Å². The van der Waals surface area contributed by atoms with E-state index in [1.54, 1.807) is 6.07 Å². The molecular weight excluding hydrogens is 261 g/mol. The molecular formula is C12H9F3N2O2. The van der Waals surface area contributed by atoms with Crippen molar-refractivity contribution < 1.29 is 22.7 Å². The number of nitrogens with one attached hydrogen (secondary N) is 1. The molecule has 1 aromatic carbocycles. The number of benzene rings is 1. The van der Waals surface area contributed by atoms with Crippen LogP contribution in [0.25, 0.3) is 0 Å². The first-order valence-corrected chi connectivity index (χ1v) is 5.01. The Balaban J connectivity index is 2.82. The molecule has 0 fully saturated rings. The van der Waals surface area contributed by atoms with Gasteiger partial charge in [0, 0.05) is 11.9 Å². The molecule has 7 heteroatoms. The van der Waals surface area contributed by atoms with E-state index in [0.29, 0.717) is 5.69 Å². The molecule has 0 aliphatic carbocycles. The molecule has 0 saturated heterocycles. The van der Waals surface area contributed by atoms with Gasteiger partial charge in [0.05, 0.1) is 12.7 Å². The van der Waals surface area contributed by atoms with Crippen molar-refractivity contribution in [2.75, 3.05) is 12.4 Å². The van der Waals surface area contributed by atoms with E-state index in [2.05, 4.69) is 10.1 Å². The number of methoxy groups -OCH3 is 1. The molecule has 1 rings (SSSR count).